The van der Waals surface area contributed by atoms with Crippen molar-refractivity contribution in [3.8, 4) is 17.6 Å². The standard InChI is InChI=1S/C23H18ClN5O3/c1-31-23(30)15-7-8-26-21-18(10-15)22(28-13-27-21)29-16-5-6-20(19(24)11-16)32-17-4-2-3-14(9-17)12-25/h2-6,9-11,13H,7-8H2,1H3,(H2,26,27,28,29). The van der Waals surface area contributed by atoms with Gasteiger partial charge in [0.2, 0.25) is 0 Å². The maximum absolute atomic E-state index is 12.0. The molecule has 2 N–H and O–H groups in total. The van der Waals surface area contributed by atoms with Gasteiger partial charge in [-0.25, -0.2) is 14.8 Å². The van der Waals surface area contributed by atoms with Crippen molar-refractivity contribution in [3.05, 3.63) is 70.5 Å². The van der Waals surface area contributed by atoms with Crippen molar-refractivity contribution in [2.45, 2.75) is 6.42 Å². The third-order valence-electron chi connectivity index (χ3n) is 4.72. The van der Waals surface area contributed by atoms with Gasteiger partial charge in [0, 0.05) is 17.8 Å². The summed E-state index contributed by atoms with van der Waals surface area (Å²) in [5.41, 5.74) is 2.34. The van der Waals surface area contributed by atoms with Gasteiger partial charge in [-0.05, 0) is 48.9 Å². The summed E-state index contributed by atoms with van der Waals surface area (Å²) in [6.45, 7) is 0.551. The van der Waals surface area contributed by atoms with Crippen molar-refractivity contribution < 1.29 is 14.3 Å². The number of carbonyl (C=O) groups is 1. The number of aromatic nitrogens is 2. The van der Waals surface area contributed by atoms with Crippen LogP contribution in [0.2, 0.25) is 5.02 Å². The molecule has 0 radical (unpaired) electrons. The molecular formula is C23H18ClN5O3. The van der Waals surface area contributed by atoms with Crippen LogP contribution in [0.4, 0.5) is 17.3 Å². The number of nitriles is 1. The minimum atomic E-state index is -0.389. The Balaban J connectivity index is 1.60. The van der Waals surface area contributed by atoms with Gasteiger partial charge in [-0.1, -0.05) is 17.7 Å². The molecule has 0 bridgehead atoms. The second-order valence-corrected chi connectivity index (χ2v) is 7.24. The zero-order valence-electron chi connectivity index (χ0n) is 17.1. The van der Waals surface area contributed by atoms with E-state index in [2.05, 4.69) is 26.7 Å². The van der Waals surface area contributed by atoms with Crippen LogP contribution in [0.1, 0.15) is 17.5 Å². The normalized spacial score (nSPS) is 12.3. The predicted octanol–water partition coefficient (Wildman–Crippen LogP) is 4.91. The van der Waals surface area contributed by atoms with Crippen LogP contribution in [0.15, 0.2) is 54.4 Å². The van der Waals surface area contributed by atoms with Crippen molar-refractivity contribution in [3.63, 3.8) is 0 Å². The van der Waals surface area contributed by atoms with Gasteiger partial charge < -0.3 is 20.1 Å². The minimum Gasteiger partial charge on any atom is -0.466 e. The fourth-order valence-electron chi connectivity index (χ4n) is 3.18. The van der Waals surface area contributed by atoms with Gasteiger partial charge in [-0.3, -0.25) is 0 Å². The van der Waals surface area contributed by atoms with Crippen LogP contribution in [0.5, 0.6) is 11.5 Å². The number of carbonyl (C=O) groups excluding carboxylic acids is 1. The number of ether oxygens (including phenoxy) is 2. The van der Waals surface area contributed by atoms with E-state index in [0.717, 1.165) is 0 Å². The number of rotatable bonds is 5. The number of hydrogen-bond acceptors (Lipinski definition) is 8. The van der Waals surface area contributed by atoms with Crippen molar-refractivity contribution in [1.82, 2.24) is 9.97 Å². The lowest BCUT2D eigenvalue weighted by Crippen LogP contribution is -2.08. The van der Waals surface area contributed by atoms with E-state index in [1.165, 1.54) is 13.4 Å². The van der Waals surface area contributed by atoms with E-state index >= 15 is 0 Å². The monoisotopic (exact) mass is 447 g/mol. The molecule has 1 aliphatic heterocycles. The number of nitrogens with one attached hydrogen (secondary N) is 2. The maximum Gasteiger partial charge on any atom is 0.333 e. The zero-order chi connectivity index (χ0) is 22.5. The molecule has 2 heterocycles. The minimum absolute atomic E-state index is 0.376. The molecule has 1 aliphatic rings. The van der Waals surface area contributed by atoms with E-state index in [1.807, 2.05) is 0 Å². The molecule has 8 nitrogen and oxygen atoms in total. The summed E-state index contributed by atoms with van der Waals surface area (Å²) in [4.78, 5) is 20.6. The largest absolute Gasteiger partial charge is 0.466 e. The first-order chi connectivity index (χ1) is 15.6. The molecule has 32 heavy (non-hydrogen) atoms. The Kier molecular flexibility index (Phi) is 6.19. The van der Waals surface area contributed by atoms with Gasteiger partial charge in [0.05, 0.1) is 29.3 Å². The fraction of sp³-hybridized carbons (Fsp3) is 0.130. The number of nitrogens with zero attached hydrogens (tertiary/aromatic N) is 3. The first kappa shape index (κ1) is 21.2. The van der Waals surface area contributed by atoms with Crippen molar-refractivity contribution >= 4 is 41.0 Å². The topological polar surface area (TPSA) is 109 Å². The van der Waals surface area contributed by atoms with Crippen LogP contribution in [-0.4, -0.2) is 29.6 Å². The molecule has 4 rings (SSSR count). The van der Waals surface area contributed by atoms with Crippen molar-refractivity contribution in [2.75, 3.05) is 24.3 Å². The Hall–Kier alpha value is -4.09. The van der Waals surface area contributed by atoms with Gasteiger partial charge in [-0.2, -0.15) is 5.26 Å². The molecule has 0 fully saturated rings. The second kappa shape index (κ2) is 9.37. The van der Waals surface area contributed by atoms with E-state index in [0.29, 0.717) is 63.5 Å². The third kappa shape index (κ3) is 4.63. The third-order valence-corrected chi connectivity index (χ3v) is 5.02. The summed E-state index contributed by atoms with van der Waals surface area (Å²) in [6.07, 6.45) is 3.67. The Labute approximate surface area is 189 Å². The van der Waals surface area contributed by atoms with Crippen molar-refractivity contribution in [1.29, 1.82) is 5.26 Å². The van der Waals surface area contributed by atoms with E-state index in [1.54, 1.807) is 48.5 Å². The summed E-state index contributed by atoms with van der Waals surface area (Å²) in [7, 11) is 1.35. The molecule has 0 saturated heterocycles. The lowest BCUT2D eigenvalue weighted by atomic mass is 10.1. The highest BCUT2D eigenvalue weighted by atomic mass is 35.5. The summed E-state index contributed by atoms with van der Waals surface area (Å²) >= 11 is 6.42. The van der Waals surface area contributed by atoms with Gasteiger partial charge in [0.25, 0.3) is 0 Å². The molecular weight excluding hydrogens is 430 g/mol. The Bertz CT molecular complexity index is 1250. The van der Waals surface area contributed by atoms with Crippen molar-refractivity contribution in [2.24, 2.45) is 0 Å². The molecule has 0 aliphatic carbocycles. The molecule has 0 saturated carbocycles. The van der Waals surface area contributed by atoms with Gasteiger partial charge in [0.15, 0.2) is 0 Å². The summed E-state index contributed by atoms with van der Waals surface area (Å²) < 4.78 is 10.7. The van der Waals surface area contributed by atoms with E-state index in [4.69, 9.17) is 26.3 Å². The number of halogens is 1. The van der Waals surface area contributed by atoms with Crippen LogP contribution in [0.3, 0.4) is 0 Å². The van der Waals surface area contributed by atoms with Gasteiger partial charge in [0.1, 0.15) is 29.5 Å². The maximum atomic E-state index is 12.0. The average Bonchev–Trinajstić information content (AvgIpc) is 3.04. The number of methoxy groups -OCH3 is 1. The zero-order valence-corrected chi connectivity index (χ0v) is 17.8. The summed E-state index contributed by atoms with van der Waals surface area (Å²) in [6, 6.07) is 14.1. The molecule has 0 spiro atoms. The van der Waals surface area contributed by atoms with E-state index in [9.17, 15) is 4.79 Å². The van der Waals surface area contributed by atoms with E-state index < -0.39 is 0 Å². The van der Waals surface area contributed by atoms with Crippen LogP contribution >= 0.6 is 11.6 Å². The number of esters is 1. The summed E-state index contributed by atoms with van der Waals surface area (Å²) in [5, 5.41) is 15.8. The van der Waals surface area contributed by atoms with Crippen LogP contribution < -0.4 is 15.4 Å². The molecule has 0 atom stereocenters. The first-order valence-corrected chi connectivity index (χ1v) is 10.1. The van der Waals surface area contributed by atoms with Gasteiger partial charge in [-0.15, -0.1) is 0 Å². The predicted molar refractivity (Wildman–Crippen MR) is 121 cm³/mol. The number of benzene rings is 2. The molecule has 2 aromatic carbocycles. The van der Waals surface area contributed by atoms with Crippen LogP contribution in [-0.2, 0) is 9.53 Å². The molecule has 160 valence electrons. The Morgan fingerprint density at radius 3 is 2.91 bits per heavy atom. The number of hydrogen-bond donors (Lipinski definition) is 2. The first-order valence-electron chi connectivity index (χ1n) is 9.69. The van der Waals surface area contributed by atoms with Crippen LogP contribution in [0.25, 0.3) is 6.08 Å². The fourth-order valence-corrected chi connectivity index (χ4v) is 3.40. The highest BCUT2D eigenvalue weighted by Crippen LogP contribution is 2.34. The average molecular weight is 448 g/mol. The second-order valence-electron chi connectivity index (χ2n) is 6.83. The lowest BCUT2D eigenvalue weighted by molar-refractivity contribution is -0.136. The molecule has 9 heteroatoms. The lowest BCUT2D eigenvalue weighted by Gasteiger charge is -2.13. The van der Waals surface area contributed by atoms with Gasteiger partial charge >= 0.3 is 5.97 Å². The molecule has 0 amide bonds. The Morgan fingerprint density at radius 2 is 2.12 bits per heavy atom. The number of anilines is 3. The quantitative estimate of drug-likeness (QED) is 0.531. The highest BCUT2D eigenvalue weighted by molar-refractivity contribution is 6.32. The van der Waals surface area contributed by atoms with E-state index in [-0.39, 0.29) is 5.97 Å². The smallest absolute Gasteiger partial charge is 0.333 e. The SMILES string of the molecule is COC(=O)C1=Cc2c(ncnc2Nc2ccc(Oc3cccc(C#N)c3)c(Cl)c2)NCC1. The van der Waals surface area contributed by atoms with Crippen LogP contribution in [0, 0.1) is 11.3 Å². The molecule has 1 aromatic heterocycles. The Morgan fingerprint density at radius 1 is 1.25 bits per heavy atom. The highest BCUT2D eigenvalue weighted by Gasteiger charge is 2.19. The number of fused-ring (bicyclic) bond motifs is 1. The summed E-state index contributed by atoms with van der Waals surface area (Å²) in [5.74, 6) is 1.70. The molecule has 0 unspecified atom stereocenters. The molecule has 3 aromatic rings.